The van der Waals surface area contributed by atoms with Gasteiger partial charge in [-0.05, 0) is 65.7 Å². The summed E-state index contributed by atoms with van der Waals surface area (Å²) in [7, 11) is 0. The molecule has 2 rings (SSSR count). The Kier molecular flexibility index (Phi) is 4.91. The molecule has 0 aliphatic carbocycles. The molecule has 0 fully saturated rings. The van der Waals surface area contributed by atoms with E-state index in [1.165, 1.54) is 0 Å². The fourth-order valence-electron chi connectivity index (χ4n) is 1.75. The third kappa shape index (κ3) is 4.03. The van der Waals surface area contributed by atoms with Crippen LogP contribution < -0.4 is 10.1 Å². The number of furan rings is 1. The number of benzene rings is 1. The first-order valence-corrected chi connectivity index (χ1v) is 7.23. The Morgan fingerprint density at radius 1 is 1.21 bits per heavy atom. The van der Waals surface area contributed by atoms with Crippen LogP contribution in [0.2, 0.25) is 0 Å². The number of hydrogen-bond donors (Lipinski definition) is 1. The van der Waals surface area contributed by atoms with Crippen molar-refractivity contribution in [2.45, 2.75) is 26.3 Å². The van der Waals surface area contributed by atoms with Crippen LogP contribution in [0.25, 0.3) is 0 Å². The predicted molar refractivity (Wildman–Crippen MR) is 80.7 cm³/mol. The van der Waals surface area contributed by atoms with E-state index in [0.29, 0.717) is 0 Å². The van der Waals surface area contributed by atoms with Crippen LogP contribution in [-0.2, 0) is 0 Å². The Morgan fingerprint density at radius 2 is 1.95 bits per heavy atom. The van der Waals surface area contributed by atoms with Crippen LogP contribution in [0.4, 0.5) is 5.69 Å². The summed E-state index contributed by atoms with van der Waals surface area (Å²) >= 11 is 3.31. The summed E-state index contributed by atoms with van der Waals surface area (Å²) in [5.41, 5.74) is 1.05. The van der Waals surface area contributed by atoms with Crippen molar-refractivity contribution in [3.63, 3.8) is 0 Å². The average Bonchev–Trinajstić information content (AvgIpc) is 2.85. The van der Waals surface area contributed by atoms with Crippen LogP contribution in [0.1, 0.15) is 32.1 Å². The molecule has 3 nitrogen and oxygen atoms in total. The summed E-state index contributed by atoms with van der Waals surface area (Å²) in [6.45, 7) is 4.91. The summed E-state index contributed by atoms with van der Waals surface area (Å²) in [5, 5.41) is 3.38. The fraction of sp³-hybridized carbons (Fsp3) is 0.333. The van der Waals surface area contributed by atoms with Gasteiger partial charge in [-0.15, -0.1) is 0 Å². The third-order valence-corrected chi connectivity index (χ3v) is 3.16. The zero-order chi connectivity index (χ0) is 13.7. The molecule has 0 aliphatic heterocycles. The van der Waals surface area contributed by atoms with Gasteiger partial charge in [0.1, 0.15) is 11.5 Å². The van der Waals surface area contributed by atoms with Gasteiger partial charge in [0, 0.05) is 5.69 Å². The van der Waals surface area contributed by atoms with Crippen LogP contribution in [0, 0.1) is 0 Å². The number of rotatable bonds is 6. The monoisotopic (exact) mass is 323 g/mol. The Hall–Kier alpha value is -1.42. The van der Waals surface area contributed by atoms with Crippen molar-refractivity contribution < 1.29 is 9.15 Å². The minimum Gasteiger partial charge on any atom is -0.494 e. The molecule has 0 spiro atoms. The topological polar surface area (TPSA) is 34.4 Å². The average molecular weight is 324 g/mol. The van der Waals surface area contributed by atoms with Crippen LogP contribution in [-0.4, -0.2) is 6.61 Å². The highest BCUT2D eigenvalue weighted by atomic mass is 79.9. The van der Waals surface area contributed by atoms with Gasteiger partial charge in [-0.25, -0.2) is 0 Å². The minimum absolute atomic E-state index is 0.119. The van der Waals surface area contributed by atoms with Crippen LogP contribution in [0.3, 0.4) is 0 Å². The number of halogens is 1. The smallest absolute Gasteiger partial charge is 0.169 e. The number of nitrogens with one attached hydrogen (secondary N) is 1. The lowest BCUT2D eigenvalue weighted by Gasteiger charge is -2.13. The normalized spacial score (nSPS) is 12.2. The van der Waals surface area contributed by atoms with Crippen molar-refractivity contribution >= 4 is 21.6 Å². The van der Waals surface area contributed by atoms with E-state index in [1.807, 2.05) is 36.4 Å². The van der Waals surface area contributed by atoms with Crippen LogP contribution in [0.5, 0.6) is 5.75 Å². The molecule has 0 amide bonds. The van der Waals surface area contributed by atoms with Gasteiger partial charge in [0.2, 0.25) is 0 Å². The Bertz CT molecular complexity index is 507. The van der Waals surface area contributed by atoms with Gasteiger partial charge < -0.3 is 14.5 Å². The second kappa shape index (κ2) is 6.66. The zero-order valence-electron chi connectivity index (χ0n) is 11.2. The van der Waals surface area contributed by atoms with E-state index < -0.39 is 0 Å². The Labute approximate surface area is 122 Å². The highest BCUT2D eigenvalue weighted by molar-refractivity contribution is 9.10. The molecule has 102 valence electrons. The molecular formula is C15H18BrNO2. The van der Waals surface area contributed by atoms with Gasteiger partial charge in [-0.3, -0.25) is 0 Å². The van der Waals surface area contributed by atoms with Crippen molar-refractivity contribution in [1.82, 2.24) is 0 Å². The maximum atomic E-state index is 5.55. The molecule has 1 aromatic carbocycles. The molecule has 1 atom stereocenters. The Balaban J connectivity index is 1.95. The van der Waals surface area contributed by atoms with Crippen molar-refractivity contribution in [3.05, 3.63) is 46.8 Å². The lowest BCUT2D eigenvalue weighted by Crippen LogP contribution is -2.05. The molecule has 0 radical (unpaired) electrons. The quantitative estimate of drug-likeness (QED) is 0.811. The van der Waals surface area contributed by atoms with Crippen molar-refractivity contribution in [3.8, 4) is 5.75 Å². The molecule has 1 heterocycles. The Morgan fingerprint density at radius 3 is 2.53 bits per heavy atom. The van der Waals surface area contributed by atoms with Crippen molar-refractivity contribution in [2.75, 3.05) is 11.9 Å². The van der Waals surface area contributed by atoms with E-state index in [4.69, 9.17) is 9.15 Å². The maximum absolute atomic E-state index is 5.55. The molecular weight excluding hydrogens is 306 g/mol. The maximum Gasteiger partial charge on any atom is 0.169 e. The first-order valence-electron chi connectivity index (χ1n) is 6.43. The molecule has 0 saturated heterocycles. The summed E-state index contributed by atoms with van der Waals surface area (Å²) in [4.78, 5) is 0. The third-order valence-electron chi connectivity index (χ3n) is 2.73. The highest BCUT2D eigenvalue weighted by Gasteiger charge is 2.09. The van der Waals surface area contributed by atoms with Gasteiger partial charge in [0.25, 0.3) is 0 Å². The van der Waals surface area contributed by atoms with E-state index in [2.05, 4.69) is 35.1 Å². The van der Waals surface area contributed by atoms with Crippen LogP contribution in [0.15, 0.2) is 45.5 Å². The van der Waals surface area contributed by atoms with Crippen LogP contribution >= 0.6 is 15.9 Å². The molecule has 1 N–H and O–H groups in total. The van der Waals surface area contributed by atoms with Gasteiger partial charge >= 0.3 is 0 Å². The van der Waals surface area contributed by atoms with E-state index in [9.17, 15) is 0 Å². The molecule has 1 unspecified atom stereocenters. The molecule has 0 aliphatic rings. The van der Waals surface area contributed by atoms with E-state index in [1.54, 1.807) is 0 Å². The fourth-order valence-corrected chi connectivity index (χ4v) is 2.07. The van der Waals surface area contributed by atoms with Crippen molar-refractivity contribution in [2.24, 2.45) is 0 Å². The second-order valence-electron chi connectivity index (χ2n) is 4.38. The summed E-state index contributed by atoms with van der Waals surface area (Å²) in [6, 6.07) is 12.0. The van der Waals surface area contributed by atoms with E-state index in [0.717, 1.165) is 34.9 Å². The molecule has 2 aromatic rings. The van der Waals surface area contributed by atoms with Crippen molar-refractivity contribution in [1.29, 1.82) is 0 Å². The number of hydrogen-bond acceptors (Lipinski definition) is 3. The van der Waals surface area contributed by atoms with Gasteiger partial charge in [-0.2, -0.15) is 0 Å². The minimum atomic E-state index is 0.119. The van der Waals surface area contributed by atoms with Gasteiger partial charge in [0.15, 0.2) is 4.67 Å². The zero-order valence-corrected chi connectivity index (χ0v) is 12.7. The first-order chi connectivity index (χ1) is 9.19. The second-order valence-corrected chi connectivity index (χ2v) is 5.16. The number of anilines is 1. The molecule has 19 heavy (non-hydrogen) atoms. The highest BCUT2D eigenvalue weighted by Crippen LogP contribution is 2.24. The van der Waals surface area contributed by atoms with Gasteiger partial charge in [0.05, 0.1) is 12.6 Å². The molecule has 0 saturated carbocycles. The lowest BCUT2D eigenvalue weighted by atomic mass is 10.2. The van der Waals surface area contributed by atoms with E-state index >= 15 is 0 Å². The van der Waals surface area contributed by atoms with E-state index in [-0.39, 0.29) is 6.04 Å². The predicted octanol–water partition coefficient (Wildman–Crippen LogP) is 5.00. The summed E-state index contributed by atoms with van der Waals surface area (Å²) < 4.78 is 11.8. The molecule has 1 aromatic heterocycles. The standard InChI is InChI=1S/C15H18BrNO2/c1-3-10-18-13-6-4-12(5-7-13)17-11(2)14-8-9-15(16)19-14/h4-9,11,17H,3,10H2,1-2H3. The van der Waals surface area contributed by atoms with Gasteiger partial charge in [-0.1, -0.05) is 6.92 Å². The lowest BCUT2D eigenvalue weighted by molar-refractivity contribution is 0.317. The molecule has 0 bridgehead atoms. The first kappa shape index (κ1) is 14.0. The molecule has 4 heteroatoms. The SMILES string of the molecule is CCCOc1ccc(NC(C)c2ccc(Br)o2)cc1. The largest absolute Gasteiger partial charge is 0.494 e. The number of ether oxygens (including phenoxy) is 1. The summed E-state index contributed by atoms with van der Waals surface area (Å²) in [5.74, 6) is 1.80. The summed E-state index contributed by atoms with van der Waals surface area (Å²) in [6.07, 6.45) is 1.02.